The fourth-order valence-electron chi connectivity index (χ4n) is 1.77. The third-order valence-corrected chi connectivity index (χ3v) is 2.95. The van der Waals surface area contributed by atoms with E-state index >= 15 is 0 Å². The van der Waals surface area contributed by atoms with Crippen molar-refractivity contribution in [3.05, 3.63) is 47.8 Å². The molecular formula is C15H16N2O2. The SMILES string of the molecule is CCc1ccc(-c2ncc(CCC(=O)O)cn2)cc1. The number of hydrogen-bond acceptors (Lipinski definition) is 3. The summed E-state index contributed by atoms with van der Waals surface area (Å²) in [5.41, 5.74) is 3.10. The van der Waals surface area contributed by atoms with Crippen LogP contribution in [0.4, 0.5) is 0 Å². The number of carboxylic acid groups (broad SMARTS) is 1. The monoisotopic (exact) mass is 256 g/mol. The molecule has 19 heavy (non-hydrogen) atoms. The Kier molecular flexibility index (Phi) is 4.23. The van der Waals surface area contributed by atoms with E-state index in [1.165, 1.54) is 5.56 Å². The first kappa shape index (κ1) is 13.2. The summed E-state index contributed by atoms with van der Waals surface area (Å²) in [5.74, 6) is -0.138. The number of rotatable bonds is 5. The maximum Gasteiger partial charge on any atom is 0.303 e. The van der Waals surface area contributed by atoms with Crippen LogP contribution in [0.2, 0.25) is 0 Å². The molecule has 0 aliphatic rings. The number of hydrogen-bond donors (Lipinski definition) is 1. The third kappa shape index (κ3) is 3.61. The maximum absolute atomic E-state index is 10.5. The number of aliphatic carboxylic acids is 1. The van der Waals surface area contributed by atoms with Gasteiger partial charge in [-0.25, -0.2) is 9.97 Å². The molecule has 0 spiro atoms. The van der Waals surface area contributed by atoms with Gasteiger partial charge in [0.15, 0.2) is 5.82 Å². The van der Waals surface area contributed by atoms with Crippen molar-refractivity contribution in [2.75, 3.05) is 0 Å². The van der Waals surface area contributed by atoms with E-state index in [1.54, 1.807) is 12.4 Å². The van der Waals surface area contributed by atoms with E-state index in [0.717, 1.165) is 17.5 Å². The van der Waals surface area contributed by atoms with Crippen molar-refractivity contribution in [2.45, 2.75) is 26.2 Å². The van der Waals surface area contributed by atoms with Gasteiger partial charge in [-0.1, -0.05) is 31.2 Å². The smallest absolute Gasteiger partial charge is 0.303 e. The van der Waals surface area contributed by atoms with Crippen molar-refractivity contribution in [1.82, 2.24) is 9.97 Å². The maximum atomic E-state index is 10.5. The molecule has 0 unspecified atom stereocenters. The van der Waals surface area contributed by atoms with Gasteiger partial charge in [0.25, 0.3) is 0 Å². The van der Waals surface area contributed by atoms with Gasteiger partial charge in [-0.2, -0.15) is 0 Å². The minimum atomic E-state index is -0.806. The lowest BCUT2D eigenvalue weighted by atomic mass is 10.1. The van der Waals surface area contributed by atoms with Crippen molar-refractivity contribution in [1.29, 1.82) is 0 Å². The van der Waals surface area contributed by atoms with Crippen LogP contribution in [0.25, 0.3) is 11.4 Å². The van der Waals surface area contributed by atoms with Crippen LogP contribution in [0.1, 0.15) is 24.5 Å². The molecule has 1 N–H and O–H groups in total. The van der Waals surface area contributed by atoms with Crippen molar-refractivity contribution >= 4 is 5.97 Å². The van der Waals surface area contributed by atoms with Gasteiger partial charge in [0.2, 0.25) is 0 Å². The van der Waals surface area contributed by atoms with E-state index in [-0.39, 0.29) is 6.42 Å². The van der Waals surface area contributed by atoms with E-state index in [1.807, 2.05) is 12.1 Å². The normalized spacial score (nSPS) is 10.4. The molecule has 0 aliphatic heterocycles. The molecule has 1 heterocycles. The molecule has 0 saturated carbocycles. The van der Waals surface area contributed by atoms with Crippen LogP contribution in [-0.2, 0) is 17.6 Å². The quantitative estimate of drug-likeness (QED) is 0.893. The zero-order valence-electron chi connectivity index (χ0n) is 10.8. The second-order valence-electron chi connectivity index (χ2n) is 4.36. The Morgan fingerprint density at radius 1 is 1.11 bits per heavy atom. The van der Waals surface area contributed by atoms with Crippen LogP contribution in [0.3, 0.4) is 0 Å². The number of carboxylic acids is 1. The molecule has 0 amide bonds. The fraction of sp³-hybridized carbons (Fsp3) is 0.267. The van der Waals surface area contributed by atoms with E-state index in [2.05, 4.69) is 29.0 Å². The van der Waals surface area contributed by atoms with E-state index in [0.29, 0.717) is 12.2 Å². The lowest BCUT2D eigenvalue weighted by Gasteiger charge is -2.03. The molecule has 0 saturated heterocycles. The first-order valence-electron chi connectivity index (χ1n) is 6.31. The summed E-state index contributed by atoms with van der Waals surface area (Å²) in [6.45, 7) is 2.11. The van der Waals surface area contributed by atoms with Gasteiger partial charge in [0.05, 0.1) is 0 Å². The standard InChI is InChI=1S/C15H16N2O2/c1-2-11-3-6-13(7-4-11)15-16-9-12(10-17-15)5-8-14(18)19/h3-4,6-7,9-10H,2,5,8H2,1H3,(H,18,19). The minimum Gasteiger partial charge on any atom is -0.481 e. The summed E-state index contributed by atoms with van der Waals surface area (Å²) in [5, 5.41) is 8.62. The molecule has 1 aromatic heterocycles. The van der Waals surface area contributed by atoms with Crippen molar-refractivity contribution in [2.24, 2.45) is 0 Å². The molecule has 1 aromatic carbocycles. The second-order valence-corrected chi connectivity index (χ2v) is 4.36. The lowest BCUT2D eigenvalue weighted by Crippen LogP contribution is -1.99. The van der Waals surface area contributed by atoms with Crippen LogP contribution < -0.4 is 0 Å². The molecule has 2 aromatic rings. The average molecular weight is 256 g/mol. The van der Waals surface area contributed by atoms with Gasteiger partial charge in [0, 0.05) is 24.4 Å². The van der Waals surface area contributed by atoms with Gasteiger partial charge in [-0.15, -0.1) is 0 Å². The predicted octanol–water partition coefficient (Wildman–Crippen LogP) is 2.72. The fourth-order valence-corrected chi connectivity index (χ4v) is 1.77. The summed E-state index contributed by atoms with van der Waals surface area (Å²) >= 11 is 0. The molecular weight excluding hydrogens is 240 g/mol. The van der Waals surface area contributed by atoms with E-state index in [9.17, 15) is 4.79 Å². The molecule has 0 aliphatic carbocycles. The highest BCUT2D eigenvalue weighted by atomic mass is 16.4. The minimum absolute atomic E-state index is 0.105. The van der Waals surface area contributed by atoms with Gasteiger partial charge in [-0.3, -0.25) is 4.79 Å². The van der Waals surface area contributed by atoms with Crippen LogP contribution in [0, 0.1) is 0 Å². The predicted molar refractivity (Wildman–Crippen MR) is 72.8 cm³/mol. The van der Waals surface area contributed by atoms with Crippen molar-refractivity contribution in [3.63, 3.8) is 0 Å². The highest BCUT2D eigenvalue weighted by molar-refractivity contribution is 5.67. The first-order chi connectivity index (χ1) is 9.19. The Balaban J connectivity index is 2.10. The molecule has 0 radical (unpaired) electrons. The Morgan fingerprint density at radius 2 is 1.74 bits per heavy atom. The third-order valence-electron chi connectivity index (χ3n) is 2.95. The summed E-state index contributed by atoms with van der Waals surface area (Å²) in [7, 11) is 0. The largest absolute Gasteiger partial charge is 0.481 e. The van der Waals surface area contributed by atoms with Gasteiger partial charge in [0.1, 0.15) is 0 Å². The van der Waals surface area contributed by atoms with Crippen molar-refractivity contribution < 1.29 is 9.90 Å². The second kappa shape index (κ2) is 6.09. The first-order valence-corrected chi connectivity index (χ1v) is 6.31. The Bertz CT molecular complexity index is 547. The van der Waals surface area contributed by atoms with Gasteiger partial charge in [-0.05, 0) is 24.0 Å². The number of carbonyl (C=O) groups is 1. The highest BCUT2D eigenvalue weighted by Crippen LogP contribution is 2.15. The number of aromatic nitrogens is 2. The van der Waals surface area contributed by atoms with Crippen LogP contribution in [0.5, 0.6) is 0 Å². The van der Waals surface area contributed by atoms with E-state index in [4.69, 9.17) is 5.11 Å². The zero-order valence-corrected chi connectivity index (χ0v) is 10.8. The molecule has 0 bridgehead atoms. The molecule has 2 rings (SSSR count). The average Bonchev–Trinajstić information content (AvgIpc) is 2.46. The van der Waals surface area contributed by atoms with Crippen LogP contribution in [0.15, 0.2) is 36.7 Å². The van der Waals surface area contributed by atoms with E-state index < -0.39 is 5.97 Å². The molecule has 4 nitrogen and oxygen atoms in total. The molecule has 0 fully saturated rings. The highest BCUT2D eigenvalue weighted by Gasteiger charge is 2.03. The van der Waals surface area contributed by atoms with Gasteiger partial charge < -0.3 is 5.11 Å². The summed E-state index contributed by atoms with van der Waals surface area (Å²) in [4.78, 5) is 19.0. The summed E-state index contributed by atoms with van der Waals surface area (Å²) in [6, 6.07) is 8.14. The van der Waals surface area contributed by atoms with Gasteiger partial charge >= 0.3 is 5.97 Å². The number of nitrogens with zero attached hydrogens (tertiary/aromatic N) is 2. The molecule has 4 heteroatoms. The Labute approximate surface area is 112 Å². The summed E-state index contributed by atoms with van der Waals surface area (Å²) < 4.78 is 0. The summed E-state index contributed by atoms with van der Waals surface area (Å²) in [6.07, 6.45) is 4.96. The number of aryl methyl sites for hydroxylation is 2. The van der Waals surface area contributed by atoms with Crippen molar-refractivity contribution in [3.8, 4) is 11.4 Å². The van der Waals surface area contributed by atoms with Crippen LogP contribution >= 0.6 is 0 Å². The zero-order chi connectivity index (χ0) is 13.7. The Morgan fingerprint density at radius 3 is 2.26 bits per heavy atom. The van der Waals surface area contributed by atoms with Crippen LogP contribution in [-0.4, -0.2) is 21.0 Å². The Hall–Kier alpha value is -2.23. The topological polar surface area (TPSA) is 63.1 Å². The lowest BCUT2D eigenvalue weighted by molar-refractivity contribution is -0.136. The molecule has 98 valence electrons. The number of benzene rings is 1. The molecule has 0 atom stereocenters.